The SMILES string of the molecule is NC(=O)c1cccc2[nH]c(NC(=O)c3ccc(Nc4nccc(N5CCN(C(=O)c6ccccc6)CC5)n4)cc3)nc12. The maximum absolute atomic E-state index is 12.8. The number of piperazine rings is 1. The molecule has 42 heavy (non-hydrogen) atoms. The molecule has 3 aromatic carbocycles. The number of fused-ring (bicyclic) bond motifs is 1. The number of nitrogens with one attached hydrogen (secondary N) is 3. The van der Waals surface area contributed by atoms with Crippen molar-refractivity contribution in [2.75, 3.05) is 41.7 Å². The molecule has 0 saturated carbocycles. The van der Waals surface area contributed by atoms with E-state index in [0.717, 1.165) is 5.82 Å². The molecule has 0 radical (unpaired) electrons. The predicted octanol–water partition coefficient (Wildman–Crippen LogP) is 3.41. The number of aromatic nitrogens is 4. The molecule has 1 aliphatic heterocycles. The number of hydrogen-bond acceptors (Lipinski definition) is 8. The van der Waals surface area contributed by atoms with Crippen molar-refractivity contribution >= 4 is 52.2 Å². The van der Waals surface area contributed by atoms with Crippen LogP contribution < -0.4 is 21.3 Å². The van der Waals surface area contributed by atoms with Gasteiger partial charge in [0.15, 0.2) is 0 Å². The average molecular weight is 562 g/mol. The van der Waals surface area contributed by atoms with Crippen LogP contribution in [0.3, 0.4) is 0 Å². The summed E-state index contributed by atoms with van der Waals surface area (Å²) in [5, 5.41) is 5.89. The fourth-order valence-corrected chi connectivity index (χ4v) is 4.79. The number of imidazole rings is 1. The summed E-state index contributed by atoms with van der Waals surface area (Å²) in [4.78, 5) is 57.5. The lowest BCUT2D eigenvalue weighted by Crippen LogP contribution is -2.49. The molecule has 0 spiro atoms. The van der Waals surface area contributed by atoms with Crippen LogP contribution in [-0.4, -0.2) is 68.7 Å². The molecule has 3 amide bonds. The van der Waals surface area contributed by atoms with E-state index < -0.39 is 5.91 Å². The van der Waals surface area contributed by atoms with Crippen LogP contribution >= 0.6 is 0 Å². The van der Waals surface area contributed by atoms with Gasteiger partial charge >= 0.3 is 0 Å². The van der Waals surface area contributed by atoms with E-state index in [1.807, 2.05) is 41.3 Å². The quantitative estimate of drug-likeness (QED) is 0.235. The van der Waals surface area contributed by atoms with Crippen LogP contribution in [-0.2, 0) is 0 Å². The Morgan fingerprint density at radius 3 is 2.31 bits per heavy atom. The highest BCUT2D eigenvalue weighted by atomic mass is 16.2. The summed E-state index contributed by atoms with van der Waals surface area (Å²) in [5.41, 5.74) is 8.48. The lowest BCUT2D eigenvalue weighted by molar-refractivity contribution is 0.0746. The number of nitrogens with two attached hydrogens (primary N) is 1. The highest BCUT2D eigenvalue weighted by Gasteiger charge is 2.23. The van der Waals surface area contributed by atoms with E-state index in [-0.39, 0.29) is 23.3 Å². The number of anilines is 4. The van der Waals surface area contributed by atoms with Gasteiger partial charge in [0, 0.05) is 49.2 Å². The van der Waals surface area contributed by atoms with Crippen molar-refractivity contribution < 1.29 is 14.4 Å². The molecule has 2 aromatic heterocycles. The summed E-state index contributed by atoms with van der Waals surface area (Å²) in [6.45, 7) is 2.52. The smallest absolute Gasteiger partial charge is 0.257 e. The lowest BCUT2D eigenvalue weighted by atomic mass is 10.2. The number of H-pyrrole nitrogens is 1. The van der Waals surface area contributed by atoms with Gasteiger partial charge in [0.2, 0.25) is 11.9 Å². The summed E-state index contributed by atoms with van der Waals surface area (Å²) in [6, 6.07) is 23.0. The molecule has 210 valence electrons. The normalized spacial score (nSPS) is 13.1. The third kappa shape index (κ3) is 5.59. The van der Waals surface area contributed by atoms with Crippen LogP contribution in [0.25, 0.3) is 11.0 Å². The Balaban J connectivity index is 1.06. The van der Waals surface area contributed by atoms with Gasteiger partial charge in [-0.25, -0.2) is 9.97 Å². The molecule has 3 heterocycles. The van der Waals surface area contributed by atoms with Gasteiger partial charge in [-0.1, -0.05) is 24.3 Å². The van der Waals surface area contributed by atoms with Crippen molar-refractivity contribution in [2.24, 2.45) is 5.73 Å². The van der Waals surface area contributed by atoms with E-state index in [9.17, 15) is 14.4 Å². The number of nitrogens with zero attached hydrogens (tertiary/aromatic N) is 5. The van der Waals surface area contributed by atoms with Crippen molar-refractivity contribution in [3.05, 3.63) is 102 Å². The number of hydrogen-bond donors (Lipinski definition) is 4. The van der Waals surface area contributed by atoms with E-state index >= 15 is 0 Å². The predicted molar refractivity (Wildman–Crippen MR) is 159 cm³/mol. The molecule has 1 aliphatic rings. The Kier molecular flexibility index (Phi) is 7.16. The number of carbonyl (C=O) groups is 3. The second-order valence-corrected chi connectivity index (χ2v) is 9.69. The zero-order chi connectivity index (χ0) is 29.1. The van der Waals surface area contributed by atoms with Crippen LogP contribution in [0.4, 0.5) is 23.4 Å². The molecule has 12 heteroatoms. The zero-order valence-corrected chi connectivity index (χ0v) is 22.4. The first-order valence-corrected chi connectivity index (χ1v) is 13.3. The Morgan fingerprint density at radius 2 is 1.57 bits per heavy atom. The molecular formula is C30H27N9O3. The van der Waals surface area contributed by atoms with Crippen LogP contribution in [0.1, 0.15) is 31.1 Å². The maximum atomic E-state index is 12.8. The lowest BCUT2D eigenvalue weighted by Gasteiger charge is -2.35. The monoisotopic (exact) mass is 561 g/mol. The Bertz CT molecular complexity index is 1760. The minimum absolute atomic E-state index is 0.0345. The molecule has 0 bridgehead atoms. The summed E-state index contributed by atoms with van der Waals surface area (Å²) in [5.74, 6) is 0.458. The molecule has 5 N–H and O–H groups in total. The summed E-state index contributed by atoms with van der Waals surface area (Å²) >= 11 is 0. The van der Waals surface area contributed by atoms with Gasteiger partial charge in [0.1, 0.15) is 11.3 Å². The fourth-order valence-electron chi connectivity index (χ4n) is 4.79. The van der Waals surface area contributed by atoms with Gasteiger partial charge in [-0.3, -0.25) is 19.7 Å². The summed E-state index contributed by atoms with van der Waals surface area (Å²) < 4.78 is 0. The molecule has 12 nitrogen and oxygen atoms in total. The number of para-hydroxylation sites is 1. The van der Waals surface area contributed by atoms with Crippen molar-refractivity contribution in [1.82, 2.24) is 24.8 Å². The van der Waals surface area contributed by atoms with Gasteiger partial charge in [0.05, 0.1) is 11.1 Å². The van der Waals surface area contributed by atoms with Gasteiger partial charge in [0.25, 0.3) is 17.7 Å². The molecule has 0 unspecified atom stereocenters. The first kappa shape index (κ1) is 26.4. The minimum Gasteiger partial charge on any atom is -0.366 e. The van der Waals surface area contributed by atoms with Crippen molar-refractivity contribution in [3.8, 4) is 0 Å². The van der Waals surface area contributed by atoms with Crippen LogP contribution in [0.15, 0.2) is 85.1 Å². The van der Waals surface area contributed by atoms with Crippen LogP contribution in [0.5, 0.6) is 0 Å². The number of carbonyl (C=O) groups excluding carboxylic acids is 3. The van der Waals surface area contributed by atoms with Gasteiger partial charge in [-0.15, -0.1) is 0 Å². The number of amides is 3. The molecule has 1 fully saturated rings. The van der Waals surface area contributed by atoms with Crippen molar-refractivity contribution in [1.29, 1.82) is 0 Å². The Labute approximate surface area is 240 Å². The Morgan fingerprint density at radius 1 is 0.810 bits per heavy atom. The molecule has 6 rings (SSSR count). The van der Waals surface area contributed by atoms with E-state index in [2.05, 4.69) is 35.5 Å². The largest absolute Gasteiger partial charge is 0.366 e. The second kappa shape index (κ2) is 11.4. The third-order valence-corrected chi connectivity index (χ3v) is 6.97. The molecule has 5 aromatic rings. The van der Waals surface area contributed by atoms with E-state index in [1.165, 1.54) is 0 Å². The van der Waals surface area contributed by atoms with Crippen molar-refractivity contribution in [3.63, 3.8) is 0 Å². The highest BCUT2D eigenvalue weighted by Crippen LogP contribution is 2.21. The van der Waals surface area contributed by atoms with Gasteiger partial charge < -0.3 is 25.8 Å². The van der Waals surface area contributed by atoms with Crippen LogP contribution in [0, 0.1) is 0 Å². The second-order valence-electron chi connectivity index (χ2n) is 9.69. The first-order chi connectivity index (χ1) is 20.4. The average Bonchev–Trinajstić information content (AvgIpc) is 3.44. The van der Waals surface area contributed by atoms with E-state index in [1.54, 1.807) is 48.7 Å². The molecular weight excluding hydrogens is 534 g/mol. The maximum Gasteiger partial charge on any atom is 0.257 e. The van der Waals surface area contributed by atoms with Crippen LogP contribution in [0.2, 0.25) is 0 Å². The zero-order valence-electron chi connectivity index (χ0n) is 22.4. The standard InChI is InChI=1S/C30H27N9O3/c31-26(40)22-7-4-8-23-25(22)36-30(34-23)37-27(41)19-9-11-21(12-10-19)33-29-32-14-13-24(35-29)38-15-17-39(18-16-38)28(42)20-5-2-1-3-6-20/h1-14H,15-18H2,(H2,31,40)(H,32,33,35)(H2,34,36,37,41). The first-order valence-electron chi connectivity index (χ1n) is 13.3. The number of primary amides is 1. The van der Waals surface area contributed by atoms with E-state index in [4.69, 9.17) is 5.73 Å². The third-order valence-electron chi connectivity index (χ3n) is 6.97. The molecule has 1 saturated heterocycles. The topological polar surface area (TPSA) is 162 Å². The number of rotatable bonds is 7. The van der Waals surface area contributed by atoms with E-state index in [0.29, 0.717) is 60.0 Å². The summed E-state index contributed by atoms with van der Waals surface area (Å²) in [7, 11) is 0. The van der Waals surface area contributed by atoms with Gasteiger partial charge in [-0.05, 0) is 54.6 Å². The minimum atomic E-state index is -0.597. The van der Waals surface area contributed by atoms with Gasteiger partial charge in [-0.2, -0.15) is 4.98 Å². The summed E-state index contributed by atoms with van der Waals surface area (Å²) in [6.07, 6.45) is 1.69. The molecule has 0 aliphatic carbocycles. The Hall–Kier alpha value is -5.78. The fraction of sp³-hybridized carbons (Fsp3) is 0.133. The number of aromatic amines is 1. The number of benzene rings is 3. The van der Waals surface area contributed by atoms with Crippen molar-refractivity contribution in [2.45, 2.75) is 0 Å². The highest BCUT2D eigenvalue weighted by molar-refractivity contribution is 6.07. The molecule has 0 atom stereocenters.